The zero-order valence-electron chi connectivity index (χ0n) is 38.3. The number of furan rings is 1. The Kier molecular flexibility index (Phi) is 14.1. The van der Waals surface area contributed by atoms with Crippen molar-refractivity contribution < 1.29 is 24.5 Å². The average molecular weight is 1070 g/mol. The number of rotatable bonds is 10. The number of pyridine rings is 2. The van der Waals surface area contributed by atoms with Crippen LogP contribution >= 0.6 is 0 Å². The first-order chi connectivity index (χ1) is 29.8. The molecule has 0 aliphatic heterocycles. The number of aryl methyl sites for hydroxylation is 1. The first kappa shape index (κ1) is 45.9. The van der Waals surface area contributed by atoms with E-state index in [0.29, 0.717) is 24.3 Å². The van der Waals surface area contributed by atoms with Gasteiger partial charge in [-0.3, -0.25) is 9.97 Å². The van der Waals surface area contributed by atoms with Gasteiger partial charge in [0.15, 0.2) is 0 Å². The summed E-state index contributed by atoms with van der Waals surface area (Å²) >= 11 is -1.86. The van der Waals surface area contributed by atoms with E-state index in [1.807, 2.05) is 37.4 Å². The van der Waals surface area contributed by atoms with Crippen LogP contribution in [-0.4, -0.2) is 32.8 Å². The molecule has 4 aromatic heterocycles. The van der Waals surface area contributed by atoms with E-state index in [1.54, 1.807) is 4.40 Å². The van der Waals surface area contributed by atoms with Gasteiger partial charge in [0.05, 0.1) is 28.6 Å². The quantitative estimate of drug-likeness (QED) is 0.101. The Morgan fingerprint density at radius 2 is 1.40 bits per heavy atom. The standard InChI is InChI=1S/C38H34N3O.C18H24GeN.Ir/c1-23(2)30-19-27(26-12-7-6-8-13-26)20-31(24(3)4)33(30)22-41-35-17-10-9-16-34(35)40-38(41)29-15-11-14-28-32-18-25(5)39-21-36(32)42-37(28)29;1-14(2)11-16-12-18(15-9-7-6-8-10-15)20-13-17(16)19(3,4)5;/h6-14,16-21,23-24H,22H2,1-5H3;6-9,12-14H,11H2,1-5H3;/q2*-1;. The first-order valence-corrected chi connectivity index (χ1v) is 29.4. The fraction of sp³-hybridized carbons (Fsp3) is 0.268. The Morgan fingerprint density at radius 3 is 2.06 bits per heavy atom. The fourth-order valence-corrected chi connectivity index (χ4v) is 12.0. The molecule has 0 bridgehead atoms. The summed E-state index contributed by atoms with van der Waals surface area (Å²) in [5.41, 5.74) is 15.7. The van der Waals surface area contributed by atoms with E-state index >= 15 is 0 Å². The molecule has 7 heteroatoms. The molecule has 0 unspecified atom stereocenters. The van der Waals surface area contributed by atoms with Crippen LogP contribution in [0.2, 0.25) is 17.3 Å². The molecular formula is C56H58GeIrN4O-2. The number of aromatic nitrogens is 4. The maximum Gasteiger partial charge on any atom is 0.139 e. The molecule has 0 atom stereocenters. The Morgan fingerprint density at radius 1 is 0.698 bits per heavy atom. The van der Waals surface area contributed by atoms with Crippen LogP contribution in [-0.2, 0) is 33.1 Å². The van der Waals surface area contributed by atoms with E-state index < -0.39 is 13.3 Å². The second-order valence-corrected chi connectivity index (χ2v) is 29.3. The van der Waals surface area contributed by atoms with E-state index in [0.717, 1.165) is 67.7 Å². The van der Waals surface area contributed by atoms with Gasteiger partial charge in [-0.05, 0) is 64.8 Å². The van der Waals surface area contributed by atoms with Crippen molar-refractivity contribution in [1.29, 1.82) is 0 Å². The van der Waals surface area contributed by atoms with Crippen LogP contribution in [0.4, 0.5) is 0 Å². The molecule has 5 nitrogen and oxygen atoms in total. The van der Waals surface area contributed by atoms with Crippen LogP contribution in [0.25, 0.3) is 66.7 Å². The summed E-state index contributed by atoms with van der Waals surface area (Å²) < 4.78 is 10.3. The second kappa shape index (κ2) is 19.3. The van der Waals surface area contributed by atoms with Crippen molar-refractivity contribution in [1.82, 2.24) is 19.5 Å². The smallest absolute Gasteiger partial charge is 0.139 e. The van der Waals surface area contributed by atoms with Gasteiger partial charge in [0.2, 0.25) is 0 Å². The van der Waals surface area contributed by atoms with Crippen molar-refractivity contribution in [2.75, 3.05) is 0 Å². The summed E-state index contributed by atoms with van der Waals surface area (Å²) in [4.78, 5) is 14.4. The molecule has 0 N–H and O–H groups in total. The number of fused-ring (bicyclic) bond motifs is 4. The van der Waals surface area contributed by atoms with Crippen LogP contribution in [0.3, 0.4) is 0 Å². The number of para-hydroxylation sites is 2. The zero-order valence-corrected chi connectivity index (χ0v) is 42.8. The number of hydrogen-bond acceptors (Lipinski definition) is 4. The third kappa shape index (κ3) is 9.84. The zero-order chi connectivity index (χ0) is 43.7. The molecule has 0 amide bonds. The molecule has 9 aromatic rings. The summed E-state index contributed by atoms with van der Waals surface area (Å²) in [5.74, 6) is 9.58. The largest absolute Gasteiger partial charge is 0.499 e. The Bertz CT molecular complexity index is 2970. The van der Waals surface area contributed by atoms with Crippen molar-refractivity contribution in [3.05, 3.63) is 168 Å². The summed E-state index contributed by atoms with van der Waals surface area (Å²) in [6, 6.07) is 47.2. The molecule has 323 valence electrons. The molecule has 1 radical (unpaired) electrons. The van der Waals surface area contributed by atoms with Crippen LogP contribution in [0, 0.1) is 25.0 Å². The van der Waals surface area contributed by atoms with Gasteiger partial charge < -0.3 is 8.98 Å². The minimum atomic E-state index is -1.86. The summed E-state index contributed by atoms with van der Waals surface area (Å²) in [7, 11) is 0. The molecule has 5 aromatic carbocycles. The van der Waals surface area contributed by atoms with Gasteiger partial charge in [-0.15, -0.1) is 18.2 Å². The summed E-state index contributed by atoms with van der Waals surface area (Å²) in [6.07, 6.45) is 5.09. The van der Waals surface area contributed by atoms with Crippen molar-refractivity contribution >= 4 is 50.6 Å². The molecule has 0 saturated heterocycles. The van der Waals surface area contributed by atoms with Crippen LogP contribution in [0.5, 0.6) is 0 Å². The predicted octanol–water partition coefficient (Wildman–Crippen LogP) is 14.4. The monoisotopic (exact) mass is 1070 g/mol. The molecule has 0 aliphatic carbocycles. The first-order valence-electron chi connectivity index (χ1n) is 22.1. The molecule has 0 spiro atoms. The van der Waals surface area contributed by atoms with Gasteiger partial charge in [0, 0.05) is 37.7 Å². The Labute approximate surface area is 390 Å². The van der Waals surface area contributed by atoms with Crippen molar-refractivity contribution in [3.8, 4) is 33.8 Å². The number of benzene rings is 5. The third-order valence-corrected chi connectivity index (χ3v) is 16.1. The minimum Gasteiger partial charge on any atom is -0.499 e. The van der Waals surface area contributed by atoms with Crippen LogP contribution in [0.1, 0.15) is 81.3 Å². The van der Waals surface area contributed by atoms with Gasteiger partial charge in [-0.25, -0.2) is 0 Å². The van der Waals surface area contributed by atoms with E-state index in [1.165, 1.54) is 33.4 Å². The normalized spacial score (nSPS) is 11.8. The number of hydrogen-bond donors (Lipinski definition) is 0. The molecule has 0 saturated carbocycles. The van der Waals surface area contributed by atoms with Crippen molar-refractivity contribution in [2.45, 2.75) is 90.5 Å². The third-order valence-electron chi connectivity index (χ3n) is 11.7. The van der Waals surface area contributed by atoms with Gasteiger partial charge in [-0.2, -0.15) is 0 Å². The second-order valence-electron chi connectivity index (χ2n) is 18.7. The number of imidazole rings is 1. The SMILES string of the molecule is CC(C)Cc1cc(-c2[c-]cccc2)nc[c]1[Ge]([CH3])([CH3])[CH3].Cc1cc2c(cn1)oc1c(-c3nc4ccccc4n3Cc3c(C(C)C)cc(-c4ccccc4)cc3C(C)C)[c-]ccc12.[Ir]. The Balaban J connectivity index is 0.000000239. The van der Waals surface area contributed by atoms with Crippen LogP contribution in [0.15, 0.2) is 132 Å². The van der Waals surface area contributed by atoms with E-state index in [4.69, 9.17) is 14.4 Å². The van der Waals surface area contributed by atoms with E-state index in [9.17, 15) is 0 Å². The number of nitrogens with zero attached hydrogens (tertiary/aromatic N) is 4. The van der Waals surface area contributed by atoms with Crippen molar-refractivity contribution in [2.24, 2.45) is 5.92 Å². The van der Waals surface area contributed by atoms with Gasteiger partial charge in [0.1, 0.15) is 5.58 Å². The van der Waals surface area contributed by atoms with E-state index in [2.05, 4.69) is 178 Å². The topological polar surface area (TPSA) is 56.7 Å². The maximum absolute atomic E-state index is 6.44. The molecule has 0 aliphatic rings. The van der Waals surface area contributed by atoms with Gasteiger partial charge >= 0.3 is 126 Å². The van der Waals surface area contributed by atoms with Gasteiger partial charge in [-0.1, -0.05) is 93.2 Å². The summed E-state index contributed by atoms with van der Waals surface area (Å²) in [6.45, 7) is 16.5. The summed E-state index contributed by atoms with van der Waals surface area (Å²) in [5, 5.41) is 2.12. The maximum atomic E-state index is 6.44. The molecule has 63 heavy (non-hydrogen) atoms. The molecule has 0 fully saturated rings. The molecule has 4 heterocycles. The van der Waals surface area contributed by atoms with Gasteiger partial charge in [0.25, 0.3) is 0 Å². The van der Waals surface area contributed by atoms with E-state index in [-0.39, 0.29) is 20.1 Å². The molecule has 9 rings (SSSR count). The minimum absolute atomic E-state index is 0. The average Bonchev–Trinajstić information content (AvgIpc) is 3.81. The van der Waals surface area contributed by atoms with Crippen molar-refractivity contribution in [3.63, 3.8) is 0 Å². The van der Waals surface area contributed by atoms with Crippen LogP contribution < -0.4 is 4.40 Å². The Hall–Kier alpha value is -5.14. The fourth-order valence-electron chi connectivity index (χ4n) is 8.71. The predicted molar refractivity (Wildman–Crippen MR) is 263 cm³/mol. The molecular weight excluding hydrogens is 1010 g/mol.